The third-order valence-electron chi connectivity index (χ3n) is 6.27. The maximum Gasteiger partial charge on any atom is 0.407 e. The van der Waals surface area contributed by atoms with Crippen molar-refractivity contribution in [2.24, 2.45) is 11.8 Å². The number of carbonyl (C=O) groups excluding carboxylic acids is 2. The second-order valence-corrected chi connectivity index (χ2v) is 9.85. The summed E-state index contributed by atoms with van der Waals surface area (Å²) in [6.45, 7) is 6.66. The Hall–Kier alpha value is -2.89. The Kier molecular flexibility index (Phi) is 6.22. The molecule has 2 aliphatic rings. The Labute approximate surface area is 188 Å². The number of alkyl carbamates (subject to hydrolysis) is 1. The van der Waals surface area contributed by atoms with Crippen LogP contribution in [0.3, 0.4) is 0 Å². The molecule has 170 valence electrons. The normalized spacial score (nSPS) is 22.5. The van der Waals surface area contributed by atoms with E-state index in [1.165, 1.54) is 17.7 Å². The SMILES string of the molecule is CC(C)(C)OC(=O)NC[C@H]1C[C@@H](C(=O)N2CCc3ccccc3[C@@H]2c2ccc(F)cc2)C1. The van der Waals surface area contributed by atoms with E-state index in [4.69, 9.17) is 4.74 Å². The minimum atomic E-state index is -0.526. The third kappa shape index (κ3) is 4.95. The van der Waals surface area contributed by atoms with Crippen molar-refractivity contribution in [3.8, 4) is 0 Å². The molecule has 1 aliphatic carbocycles. The van der Waals surface area contributed by atoms with Gasteiger partial charge in [-0.25, -0.2) is 9.18 Å². The number of nitrogens with one attached hydrogen (secondary N) is 1. The first-order valence-electron chi connectivity index (χ1n) is 11.3. The zero-order valence-electron chi connectivity index (χ0n) is 18.9. The molecule has 0 aromatic heterocycles. The topological polar surface area (TPSA) is 58.6 Å². The molecule has 0 saturated heterocycles. The van der Waals surface area contributed by atoms with Crippen LogP contribution in [-0.2, 0) is 16.0 Å². The van der Waals surface area contributed by atoms with E-state index in [-0.39, 0.29) is 29.6 Å². The molecule has 0 spiro atoms. The van der Waals surface area contributed by atoms with Crippen LogP contribution in [-0.4, -0.2) is 35.6 Å². The van der Waals surface area contributed by atoms with Crippen LogP contribution in [0, 0.1) is 17.7 Å². The van der Waals surface area contributed by atoms with Gasteiger partial charge in [0.1, 0.15) is 11.4 Å². The molecule has 1 N–H and O–H groups in total. The molecule has 1 heterocycles. The van der Waals surface area contributed by atoms with E-state index in [0.717, 1.165) is 30.4 Å². The Morgan fingerprint density at radius 3 is 2.47 bits per heavy atom. The monoisotopic (exact) mass is 438 g/mol. The number of hydrogen-bond donors (Lipinski definition) is 1. The van der Waals surface area contributed by atoms with E-state index >= 15 is 0 Å². The summed E-state index contributed by atoms with van der Waals surface area (Å²) >= 11 is 0. The summed E-state index contributed by atoms with van der Waals surface area (Å²) in [7, 11) is 0. The molecule has 4 rings (SSSR count). The smallest absolute Gasteiger partial charge is 0.407 e. The third-order valence-corrected chi connectivity index (χ3v) is 6.27. The van der Waals surface area contributed by atoms with Gasteiger partial charge in [-0.1, -0.05) is 36.4 Å². The highest BCUT2D eigenvalue weighted by Crippen LogP contribution is 2.40. The maximum atomic E-state index is 13.5. The fourth-order valence-electron chi connectivity index (χ4n) is 4.69. The first-order chi connectivity index (χ1) is 15.2. The lowest BCUT2D eigenvalue weighted by atomic mass is 9.73. The average Bonchev–Trinajstić information content (AvgIpc) is 2.71. The summed E-state index contributed by atoms with van der Waals surface area (Å²) in [4.78, 5) is 27.3. The lowest BCUT2D eigenvalue weighted by Gasteiger charge is -2.43. The number of halogens is 1. The van der Waals surface area contributed by atoms with E-state index in [9.17, 15) is 14.0 Å². The molecule has 32 heavy (non-hydrogen) atoms. The van der Waals surface area contributed by atoms with Crippen molar-refractivity contribution < 1.29 is 18.7 Å². The van der Waals surface area contributed by atoms with E-state index in [1.807, 2.05) is 37.8 Å². The van der Waals surface area contributed by atoms with Gasteiger partial charge < -0.3 is 15.0 Å². The maximum absolute atomic E-state index is 13.5. The molecule has 6 heteroatoms. The molecule has 0 radical (unpaired) electrons. The first kappa shape index (κ1) is 22.3. The molecule has 1 atom stereocenters. The fourth-order valence-corrected chi connectivity index (χ4v) is 4.69. The van der Waals surface area contributed by atoms with Crippen molar-refractivity contribution in [2.45, 2.75) is 51.7 Å². The lowest BCUT2D eigenvalue weighted by Crippen LogP contribution is -2.48. The lowest BCUT2D eigenvalue weighted by molar-refractivity contribution is -0.142. The predicted molar refractivity (Wildman–Crippen MR) is 121 cm³/mol. The highest BCUT2D eigenvalue weighted by Gasteiger charge is 2.41. The van der Waals surface area contributed by atoms with Crippen molar-refractivity contribution in [1.82, 2.24) is 10.2 Å². The minimum Gasteiger partial charge on any atom is -0.444 e. The molecule has 2 aromatic carbocycles. The molecular weight excluding hydrogens is 407 g/mol. The summed E-state index contributed by atoms with van der Waals surface area (Å²) in [6, 6.07) is 14.4. The summed E-state index contributed by atoms with van der Waals surface area (Å²) in [5, 5.41) is 2.81. The Bertz CT molecular complexity index is 977. The highest BCUT2D eigenvalue weighted by molar-refractivity contribution is 5.81. The van der Waals surface area contributed by atoms with Gasteiger partial charge in [0.15, 0.2) is 0 Å². The summed E-state index contributed by atoms with van der Waals surface area (Å²) in [5.74, 6) is 0.0869. The van der Waals surface area contributed by atoms with Crippen LogP contribution in [0.4, 0.5) is 9.18 Å². The number of carbonyl (C=O) groups is 2. The molecule has 0 bridgehead atoms. The molecule has 2 aromatic rings. The quantitative estimate of drug-likeness (QED) is 0.742. The number of amides is 2. The van der Waals surface area contributed by atoms with Crippen LogP contribution >= 0.6 is 0 Å². The number of ether oxygens (including phenoxy) is 1. The molecule has 0 unspecified atom stereocenters. The largest absolute Gasteiger partial charge is 0.444 e. The highest BCUT2D eigenvalue weighted by atomic mass is 19.1. The minimum absolute atomic E-state index is 0.0475. The number of hydrogen-bond acceptors (Lipinski definition) is 3. The van der Waals surface area contributed by atoms with Gasteiger partial charge in [-0.3, -0.25) is 4.79 Å². The molecule has 1 fully saturated rings. The zero-order valence-corrected chi connectivity index (χ0v) is 18.9. The van der Waals surface area contributed by atoms with Crippen molar-refractivity contribution in [3.05, 3.63) is 71.0 Å². The van der Waals surface area contributed by atoms with Gasteiger partial charge in [0, 0.05) is 19.0 Å². The summed E-state index contributed by atoms with van der Waals surface area (Å²) < 4.78 is 18.8. The van der Waals surface area contributed by atoms with Crippen LogP contribution in [0.2, 0.25) is 0 Å². The fraction of sp³-hybridized carbons (Fsp3) is 0.462. The Morgan fingerprint density at radius 2 is 1.78 bits per heavy atom. The number of rotatable bonds is 4. The second kappa shape index (κ2) is 8.93. The molecule has 5 nitrogen and oxygen atoms in total. The van der Waals surface area contributed by atoms with Crippen LogP contribution < -0.4 is 5.32 Å². The second-order valence-electron chi connectivity index (χ2n) is 9.85. The number of nitrogens with zero attached hydrogens (tertiary/aromatic N) is 1. The van der Waals surface area contributed by atoms with Gasteiger partial charge in [-0.2, -0.15) is 0 Å². The molecule has 2 amide bonds. The molecule has 1 saturated carbocycles. The number of fused-ring (bicyclic) bond motifs is 1. The Morgan fingerprint density at radius 1 is 1.09 bits per heavy atom. The predicted octanol–water partition coefficient (Wildman–Crippen LogP) is 4.85. The standard InChI is InChI=1S/C26H31FN2O3/c1-26(2,3)32-25(31)28-16-17-14-20(15-17)24(30)29-13-12-18-6-4-5-7-22(18)23(29)19-8-10-21(27)11-9-19/h4-11,17,20,23H,12-16H2,1-3H3,(H,28,31)/t17-,20+,23-/m0/s1. The van der Waals surface area contributed by atoms with Crippen molar-refractivity contribution in [1.29, 1.82) is 0 Å². The molecule has 1 aliphatic heterocycles. The van der Waals surface area contributed by atoms with E-state index in [1.54, 1.807) is 12.1 Å². The van der Waals surface area contributed by atoms with Gasteiger partial charge >= 0.3 is 6.09 Å². The van der Waals surface area contributed by atoms with E-state index in [2.05, 4.69) is 17.4 Å². The number of benzene rings is 2. The Balaban J connectivity index is 1.42. The van der Waals surface area contributed by atoms with Gasteiger partial charge in [-0.05, 0) is 74.8 Å². The summed E-state index contributed by atoms with van der Waals surface area (Å²) in [5.41, 5.74) is 2.75. The van der Waals surface area contributed by atoms with Gasteiger partial charge in [0.05, 0.1) is 6.04 Å². The molecular formula is C26H31FN2O3. The van der Waals surface area contributed by atoms with E-state index < -0.39 is 11.7 Å². The zero-order chi connectivity index (χ0) is 22.9. The van der Waals surface area contributed by atoms with E-state index in [0.29, 0.717) is 13.1 Å². The van der Waals surface area contributed by atoms with Crippen LogP contribution in [0.25, 0.3) is 0 Å². The van der Waals surface area contributed by atoms with Crippen molar-refractivity contribution in [2.75, 3.05) is 13.1 Å². The van der Waals surface area contributed by atoms with Crippen LogP contribution in [0.15, 0.2) is 48.5 Å². The van der Waals surface area contributed by atoms with Gasteiger partial charge in [0.2, 0.25) is 5.91 Å². The van der Waals surface area contributed by atoms with Crippen LogP contribution in [0.5, 0.6) is 0 Å². The van der Waals surface area contributed by atoms with Crippen LogP contribution in [0.1, 0.15) is 56.3 Å². The van der Waals surface area contributed by atoms with Crippen molar-refractivity contribution >= 4 is 12.0 Å². The van der Waals surface area contributed by atoms with Gasteiger partial charge in [0.25, 0.3) is 0 Å². The van der Waals surface area contributed by atoms with Gasteiger partial charge in [-0.15, -0.1) is 0 Å². The first-order valence-corrected chi connectivity index (χ1v) is 11.3. The average molecular weight is 439 g/mol. The van der Waals surface area contributed by atoms with Crippen molar-refractivity contribution in [3.63, 3.8) is 0 Å². The summed E-state index contributed by atoms with van der Waals surface area (Å²) in [6.07, 6.45) is 1.90.